The maximum Gasteiger partial charge on any atom is 0.264 e. The summed E-state index contributed by atoms with van der Waals surface area (Å²) in [5.41, 5.74) is 2.22. The van der Waals surface area contributed by atoms with Gasteiger partial charge in [-0.25, -0.2) is 9.37 Å². The van der Waals surface area contributed by atoms with Crippen LogP contribution in [0.1, 0.15) is 31.8 Å². The highest BCUT2D eigenvalue weighted by atomic mass is 32.1. The highest BCUT2D eigenvalue weighted by Crippen LogP contribution is 2.30. The van der Waals surface area contributed by atoms with Gasteiger partial charge in [0.2, 0.25) is 0 Å². The van der Waals surface area contributed by atoms with Crippen molar-refractivity contribution < 1.29 is 9.18 Å². The summed E-state index contributed by atoms with van der Waals surface area (Å²) < 4.78 is 13.3. The van der Waals surface area contributed by atoms with E-state index < -0.39 is 0 Å². The van der Waals surface area contributed by atoms with Crippen molar-refractivity contribution in [1.82, 2.24) is 15.3 Å². The number of aryl methyl sites for hydroxylation is 1. The van der Waals surface area contributed by atoms with E-state index in [0.29, 0.717) is 15.6 Å². The van der Waals surface area contributed by atoms with Crippen LogP contribution in [0.2, 0.25) is 0 Å². The highest BCUT2D eigenvalue weighted by molar-refractivity contribution is 7.17. The summed E-state index contributed by atoms with van der Waals surface area (Å²) in [4.78, 5) is 23.4. The average Bonchev–Trinajstić information content (AvgIpc) is 3.37. The van der Waals surface area contributed by atoms with Crippen LogP contribution < -0.4 is 5.32 Å². The molecule has 4 nitrogen and oxygen atoms in total. The quantitative estimate of drug-likeness (QED) is 0.491. The lowest BCUT2D eigenvalue weighted by Crippen LogP contribution is -2.28. The molecule has 0 aliphatic carbocycles. The van der Waals surface area contributed by atoms with Gasteiger partial charge >= 0.3 is 0 Å². The molecular formula is C21H16FN3OS2. The molecule has 1 aromatic carbocycles. The second-order valence-electron chi connectivity index (χ2n) is 6.12. The Kier molecular flexibility index (Phi) is 5.27. The maximum absolute atomic E-state index is 13.3. The van der Waals surface area contributed by atoms with Gasteiger partial charge in [0.25, 0.3) is 5.91 Å². The van der Waals surface area contributed by atoms with Crippen molar-refractivity contribution in [2.24, 2.45) is 0 Å². The summed E-state index contributed by atoms with van der Waals surface area (Å²) in [6.45, 7) is 1.82. The topological polar surface area (TPSA) is 54.9 Å². The molecular weight excluding hydrogens is 393 g/mol. The zero-order chi connectivity index (χ0) is 19.5. The molecule has 0 spiro atoms. The number of aromatic nitrogens is 2. The van der Waals surface area contributed by atoms with Crippen molar-refractivity contribution in [1.29, 1.82) is 0 Å². The van der Waals surface area contributed by atoms with Gasteiger partial charge in [-0.15, -0.1) is 22.7 Å². The normalized spacial score (nSPS) is 11.9. The number of carbonyl (C=O) groups excluding carboxylic acids is 1. The summed E-state index contributed by atoms with van der Waals surface area (Å²) in [6.07, 6.45) is 1.70. The summed E-state index contributed by atoms with van der Waals surface area (Å²) in [5, 5.41) is 5.74. The minimum Gasteiger partial charge on any atom is -0.340 e. The summed E-state index contributed by atoms with van der Waals surface area (Å²) >= 11 is 2.86. The minimum atomic E-state index is -0.354. The predicted molar refractivity (Wildman–Crippen MR) is 110 cm³/mol. The van der Waals surface area contributed by atoms with E-state index in [1.54, 1.807) is 29.7 Å². The number of halogens is 1. The number of hydrogen-bond donors (Lipinski definition) is 1. The van der Waals surface area contributed by atoms with Gasteiger partial charge in [0.15, 0.2) is 0 Å². The number of thiophene rings is 1. The van der Waals surface area contributed by atoms with Gasteiger partial charge in [0.1, 0.15) is 15.7 Å². The van der Waals surface area contributed by atoms with Crippen LogP contribution in [-0.2, 0) is 0 Å². The van der Waals surface area contributed by atoms with Crippen LogP contribution >= 0.6 is 22.7 Å². The van der Waals surface area contributed by atoms with E-state index in [2.05, 4.69) is 15.3 Å². The molecule has 0 radical (unpaired) electrons. The molecule has 1 atom stereocenters. The van der Waals surface area contributed by atoms with Gasteiger partial charge in [0.05, 0.1) is 17.4 Å². The zero-order valence-corrected chi connectivity index (χ0v) is 16.6. The lowest BCUT2D eigenvalue weighted by atomic mass is 10.1. The van der Waals surface area contributed by atoms with Gasteiger partial charge in [-0.1, -0.05) is 24.3 Å². The molecule has 1 amide bonds. The minimum absolute atomic E-state index is 0.208. The van der Waals surface area contributed by atoms with Crippen LogP contribution in [0.15, 0.2) is 66.2 Å². The average molecular weight is 410 g/mol. The summed E-state index contributed by atoms with van der Waals surface area (Å²) in [7, 11) is 0. The van der Waals surface area contributed by atoms with Crippen molar-refractivity contribution in [2.75, 3.05) is 0 Å². The van der Waals surface area contributed by atoms with E-state index >= 15 is 0 Å². The fourth-order valence-electron chi connectivity index (χ4n) is 2.83. The second-order valence-corrected chi connectivity index (χ2v) is 8.10. The Morgan fingerprint density at radius 3 is 2.61 bits per heavy atom. The number of carbonyl (C=O) groups is 1. The maximum atomic E-state index is 13.3. The third-order valence-electron chi connectivity index (χ3n) is 4.19. The Labute approximate surface area is 169 Å². The first-order chi connectivity index (χ1) is 13.6. The molecule has 0 saturated carbocycles. The third-order valence-corrected chi connectivity index (χ3v) is 6.31. The lowest BCUT2D eigenvalue weighted by Gasteiger charge is -2.18. The molecule has 28 heavy (non-hydrogen) atoms. The standard InChI is InChI=1S/C21H16FN3OS2/c1-13-19(28-21(24-13)16-5-2-3-11-23-16)20(26)25-18(17-6-4-12-27-17)14-7-9-15(22)10-8-14/h2-12,18H,1H3,(H,25,26). The monoisotopic (exact) mass is 409 g/mol. The smallest absolute Gasteiger partial charge is 0.264 e. The van der Waals surface area contributed by atoms with Crippen molar-refractivity contribution in [3.05, 3.63) is 93.0 Å². The van der Waals surface area contributed by atoms with Gasteiger partial charge in [0, 0.05) is 11.1 Å². The molecule has 4 rings (SSSR count). The van der Waals surface area contributed by atoms with E-state index in [-0.39, 0.29) is 17.8 Å². The van der Waals surface area contributed by atoms with Crippen LogP contribution in [0.5, 0.6) is 0 Å². The fourth-order valence-corrected chi connectivity index (χ4v) is 4.58. The van der Waals surface area contributed by atoms with E-state index in [1.807, 2.05) is 42.6 Å². The first-order valence-electron chi connectivity index (χ1n) is 8.60. The van der Waals surface area contributed by atoms with Gasteiger partial charge in [-0.3, -0.25) is 9.78 Å². The largest absolute Gasteiger partial charge is 0.340 e. The predicted octanol–water partition coefficient (Wildman–Crippen LogP) is 5.23. The molecule has 1 N–H and O–H groups in total. The van der Waals surface area contributed by atoms with Crippen LogP contribution in [0.3, 0.4) is 0 Å². The van der Waals surface area contributed by atoms with Gasteiger partial charge < -0.3 is 5.32 Å². The number of benzene rings is 1. The van der Waals surface area contributed by atoms with Crippen molar-refractivity contribution in [3.8, 4) is 10.7 Å². The van der Waals surface area contributed by atoms with Crippen molar-refractivity contribution in [3.63, 3.8) is 0 Å². The van der Waals surface area contributed by atoms with E-state index in [0.717, 1.165) is 16.1 Å². The molecule has 0 fully saturated rings. The molecule has 3 aromatic heterocycles. The van der Waals surface area contributed by atoms with E-state index in [1.165, 1.54) is 23.5 Å². The highest BCUT2D eigenvalue weighted by Gasteiger charge is 2.22. The number of hydrogen-bond acceptors (Lipinski definition) is 5. The number of rotatable bonds is 5. The molecule has 7 heteroatoms. The number of nitrogens with zero attached hydrogens (tertiary/aromatic N) is 2. The molecule has 1 unspecified atom stereocenters. The summed E-state index contributed by atoms with van der Waals surface area (Å²) in [5.74, 6) is -0.516. The zero-order valence-electron chi connectivity index (χ0n) is 14.9. The van der Waals surface area contributed by atoms with E-state index in [4.69, 9.17) is 0 Å². The number of pyridine rings is 1. The number of amides is 1. The van der Waals surface area contributed by atoms with Crippen molar-refractivity contribution in [2.45, 2.75) is 13.0 Å². The Balaban J connectivity index is 1.63. The Hall–Kier alpha value is -2.90. The Bertz CT molecular complexity index is 1080. The molecule has 3 heterocycles. The third kappa shape index (κ3) is 3.85. The first-order valence-corrected chi connectivity index (χ1v) is 10.3. The van der Waals surface area contributed by atoms with Crippen LogP contribution in [0.4, 0.5) is 4.39 Å². The molecule has 0 aliphatic rings. The Morgan fingerprint density at radius 2 is 1.93 bits per heavy atom. The van der Waals surface area contributed by atoms with E-state index in [9.17, 15) is 9.18 Å². The van der Waals surface area contributed by atoms with Gasteiger partial charge in [-0.2, -0.15) is 0 Å². The lowest BCUT2D eigenvalue weighted by molar-refractivity contribution is 0.0947. The van der Waals surface area contributed by atoms with Crippen molar-refractivity contribution >= 4 is 28.6 Å². The first kappa shape index (κ1) is 18.5. The SMILES string of the molecule is Cc1nc(-c2ccccn2)sc1C(=O)NC(c1ccc(F)cc1)c1cccs1. The molecule has 4 aromatic rings. The van der Waals surface area contributed by atoms with Gasteiger partial charge in [-0.05, 0) is 48.2 Å². The fraction of sp³-hybridized carbons (Fsp3) is 0.0952. The Morgan fingerprint density at radius 1 is 1.11 bits per heavy atom. The number of thiazole rings is 1. The van der Waals surface area contributed by atoms with Crippen LogP contribution in [0.25, 0.3) is 10.7 Å². The summed E-state index contributed by atoms with van der Waals surface area (Å²) in [6, 6.07) is 15.3. The van der Waals surface area contributed by atoms with Crippen LogP contribution in [0, 0.1) is 12.7 Å². The molecule has 0 aliphatic heterocycles. The number of nitrogens with one attached hydrogen (secondary N) is 1. The molecule has 0 bridgehead atoms. The molecule has 0 saturated heterocycles. The molecule has 140 valence electrons. The van der Waals surface area contributed by atoms with Crippen LogP contribution in [-0.4, -0.2) is 15.9 Å². The second kappa shape index (κ2) is 8.00.